The number of hydrogen-bond donors (Lipinski definition) is 1. The van der Waals surface area contributed by atoms with E-state index in [4.69, 9.17) is 0 Å². The van der Waals surface area contributed by atoms with E-state index in [1.54, 1.807) is 29.1 Å². The number of halogens is 2. The second-order valence-corrected chi connectivity index (χ2v) is 5.12. The van der Waals surface area contributed by atoms with Gasteiger partial charge in [0.2, 0.25) is 5.91 Å². The lowest BCUT2D eigenvalue weighted by Crippen LogP contribution is -2.29. The van der Waals surface area contributed by atoms with Crippen molar-refractivity contribution in [3.05, 3.63) is 54.6 Å². The molecule has 0 aliphatic heterocycles. The Hall–Kier alpha value is -2.76. The smallest absolute Gasteiger partial charge is 0.240 e. The fourth-order valence-electron chi connectivity index (χ4n) is 2.40. The average Bonchev–Trinajstić information content (AvgIpc) is 2.96. The van der Waals surface area contributed by atoms with Crippen molar-refractivity contribution in [3.63, 3.8) is 0 Å². The molecular weight excluding hydrogens is 300 g/mol. The standard InChI is InChI=1S/C17H15F2N3O/c18-6-7-20-17(23)11-22-8-5-15-16(22)9-13(10-21-15)12-1-3-14(19)4-2-12/h1-5,8-10H,6-7,11H2,(H,20,23). The number of pyridine rings is 1. The van der Waals surface area contributed by atoms with E-state index in [-0.39, 0.29) is 24.8 Å². The number of fused-ring (bicyclic) bond motifs is 1. The molecule has 0 atom stereocenters. The Labute approximate surface area is 131 Å². The topological polar surface area (TPSA) is 46.9 Å². The Morgan fingerprint density at radius 2 is 1.96 bits per heavy atom. The summed E-state index contributed by atoms with van der Waals surface area (Å²) in [7, 11) is 0. The van der Waals surface area contributed by atoms with Crippen LogP contribution in [0.15, 0.2) is 48.8 Å². The molecule has 1 N–H and O–H groups in total. The quantitative estimate of drug-likeness (QED) is 0.787. The van der Waals surface area contributed by atoms with Crippen LogP contribution < -0.4 is 5.32 Å². The highest BCUT2D eigenvalue weighted by molar-refractivity contribution is 5.84. The number of alkyl halides is 1. The van der Waals surface area contributed by atoms with Gasteiger partial charge in [0.05, 0.1) is 11.0 Å². The molecule has 0 aliphatic rings. The summed E-state index contributed by atoms with van der Waals surface area (Å²) >= 11 is 0. The van der Waals surface area contributed by atoms with Gasteiger partial charge in [-0.05, 0) is 29.8 Å². The first kappa shape index (κ1) is 15.1. The number of carbonyl (C=O) groups excluding carboxylic acids is 1. The summed E-state index contributed by atoms with van der Waals surface area (Å²) in [5.41, 5.74) is 3.23. The zero-order valence-corrected chi connectivity index (χ0v) is 12.3. The Bertz CT molecular complexity index is 827. The van der Waals surface area contributed by atoms with Crippen molar-refractivity contribution in [1.29, 1.82) is 0 Å². The molecule has 118 valence electrons. The molecular formula is C17H15F2N3O. The molecule has 0 radical (unpaired) electrons. The minimum Gasteiger partial charge on any atom is -0.352 e. The third-order valence-corrected chi connectivity index (χ3v) is 3.53. The number of benzene rings is 1. The van der Waals surface area contributed by atoms with Gasteiger partial charge in [-0.3, -0.25) is 9.78 Å². The molecule has 3 rings (SSSR count). The van der Waals surface area contributed by atoms with Crippen LogP contribution in [-0.4, -0.2) is 28.7 Å². The fourth-order valence-corrected chi connectivity index (χ4v) is 2.40. The fraction of sp³-hybridized carbons (Fsp3) is 0.176. The average molecular weight is 315 g/mol. The van der Waals surface area contributed by atoms with Gasteiger partial charge in [-0.2, -0.15) is 0 Å². The number of nitrogens with zero attached hydrogens (tertiary/aromatic N) is 2. The Morgan fingerprint density at radius 1 is 1.17 bits per heavy atom. The van der Waals surface area contributed by atoms with Gasteiger partial charge in [-0.15, -0.1) is 0 Å². The minimum atomic E-state index is -0.589. The highest BCUT2D eigenvalue weighted by Crippen LogP contribution is 2.23. The second kappa shape index (κ2) is 6.56. The van der Waals surface area contributed by atoms with Gasteiger partial charge in [0.1, 0.15) is 19.0 Å². The molecule has 0 fully saturated rings. The zero-order chi connectivity index (χ0) is 16.2. The zero-order valence-electron chi connectivity index (χ0n) is 12.3. The molecule has 4 nitrogen and oxygen atoms in total. The van der Waals surface area contributed by atoms with Crippen molar-refractivity contribution >= 4 is 16.9 Å². The molecule has 6 heteroatoms. The maximum atomic E-state index is 13.0. The molecule has 0 unspecified atom stereocenters. The number of hydrogen-bond acceptors (Lipinski definition) is 2. The van der Waals surface area contributed by atoms with E-state index >= 15 is 0 Å². The maximum Gasteiger partial charge on any atom is 0.240 e. The molecule has 0 bridgehead atoms. The molecule has 0 saturated carbocycles. The molecule has 2 aromatic heterocycles. The second-order valence-electron chi connectivity index (χ2n) is 5.12. The highest BCUT2D eigenvalue weighted by Gasteiger charge is 2.08. The SMILES string of the molecule is O=C(Cn1ccc2ncc(-c3ccc(F)cc3)cc21)NCCF. The number of carbonyl (C=O) groups is 1. The number of nitrogens with one attached hydrogen (secondary N) is 1. The number of aromatic nitrogens is 2. The van der Waals surface area contributed by atoms with Gasteiger partial charge in [0.25, 0.3) is 0 Å². The van der Waals surface area contributed by atoms with Crippen molar-refractivity contribution < 1.29 is 13.6 Å². The third kappa shape index (κ3) is 3.36. The summed E-state index contributed by atoms with van der Waals surface area (Å²) in [5.74, 6) is -0.553. The molecule has 1 amide bonds. The molecule has 1 aromatic carbocycles. The van der Waals surface area contributed by atoms with Gasteiger partial charge in [0.15, 0.2) is 0 Å². The lowest BCUT2D eigenvalue weighted by Gasteiger charge is -2.07. The highest BCUT2D eigenvalue weighted by atomic mass is 19.1. The van der Waals surface area contributed by atoms with E-state index in [1.165, 1.54) is 12.1 Å². The van der Waals surface area contributed by atoms with Gasteiger partial charge in [-0.1, -0.05) is 12.1 Å². The summed E-state index contributed by atoms with van der Waals surface area (Å²) < 4.78 is 26.9. The summed E-state index contributed by atoms with van der Waals surface area (Å²) in [5, 5.41) is 2.49. The van der Waals surface area contributed by atoms with Crippen LogP contribution in [0.25, 0.3) is 22.2 Å². The van der Waals surface area contributed by atoms with Crippen molar-refractivity contribution in [1.82, 2.24) is 14.9 Å². The molecule has 0 aliphatic carbocycles. The van der Waals surface area contributed by atoms with E-state index in [9.17, 15) is 13.6 Å². The van der Waals surface area contributed by atoms with Crippen molar-refractivity contribution in [2.45, 2.75) is 6.54 Å². The van der Waals surface area contributed by atoms with E-state index in [0.29, 0.717) is 0 Å². The lowest BCUT2D eigenvalue weighted by atomic mass is 10.1. The van der Waals surface area contributed by atoms with E-state index < -0.39 is 6.67 Å². The van der Waals surface area contributed by atoms with Crippen LogP contribution in [0.2, 0.25) is 0 Å². The first-order chi connectivity index (χ1) is 11.2. The van der Waals surface area contributed by atoms with E-state index in [1.807, 2.05) is 12.1 Å². The van der Waals surface area contributed by atoms with Crippen molar-refractivity contribution in [2.24, 2.45) is 0 Å². The summed E-state index contributed by atoms with van der Waals surface area (Å²) in [4.78, 5) is 16.1. The van der Waals surface area contributed by atoms with Gasteiger partial charge in [0, 0.05) is 24.5 Å². The van der Waals surface area contributed by atoms with Crippen LogP contribution in [0.5, 0.6) is 0 Å². The number of rotatable bonds is 5. The van der Waals surface area contributed by atoms with Gasteiger partial charge < -0.3 is 9.88 Å². The van der Waals surface area contributed by atoms with Crippen LogP contribution in [-0.2, 0) is 11.3 Å². The van der Waals surface area contributed by atoms with Crippen LogP contribution in [0.1, 0.15) is 0 Å². The number of amides is 1. The monoisotopic (exact) mass is 315 g/mol. The van der Waals surface area contributed by atoms with Gasteiger partial charge >= 0.3 is 0 Å². The maximum absolute atomic E-state index is 13.0. The Kier molecular flexibility index (Phi) is 4.32. The predicted octanol–water partition coefficient (Wildman–Crippen LogP) is 2.93. The van der Waals surface area contributed by atoms with Crippen LogP contribution >= 0.6 is 0 Å². The first-order valence-electron chi connectivity index (χ1n) is 7.21. The van der Waals surface area contributed by atoms with Crippen molar-refractivity contribution in [3.8, 4) is 11.1 Å². The Balaban J connectivity index is 1.90. The lowest BCUT2D eigenvalue weighted by molar-refractivity contribution is -0.121. The minimum absolute atomic E-state index is 0.0110. The van der Waals surface area contributed by atoms with Gasteiger partial charge in [-0.25, -0.2) is 8.78 Å². The molecule has 3 aromatic rings. The predicted molar refractivity (Wildman–Crippen MR) is 84.1 cm³/mol. The summed E-state index contributed by atoms with van der Waals surface area (Å²) in [6.07, 6.45) is 3.48. The molecule has 23 heavy (non-hydrogen) atoms. The normalized spacial score (nSPS) is 10.9. The Morgan fingerprint density at radius 3 is 2.70 bits per heavy atom. The van der Waals surface area contributed by atoms with Crippen LogP contribution in [0.3, 0.4) is 0 Å². The largest absolute Gasteiger partial charge is 0.352 e. The summed E-state index contributed by atoms with van der Waals surface area (Å²) in [6, 6.07) is 9.86. The molecule has 0 spiro atoms. The first-order valence-corrected chi connectivity index (χ1v) is 7.21. The third-order valence-electron chi connectivity index (χ3n) is 3.53. The molecule has 0 saturated heterocycles. The van der Waals surface area contributed by atoms with E-state index in [0.717, 1.165) is 22.2 Å². The van der Waals surface area contributed by atoms with E-state index in [2.05, 4.69) is 10.3 Å². The molecule has 2 heterocycles. The van der Waals surface area contributed by atoms with Crippen molar-refractivity contribution in [2.75, 3.05) is 13.2 Å². The van der Waals surface area contributed by atoms with Crippen LogP contribution in [0.4, 0.5) is 8.78 Å². The summed E-state index contributed by atoms with van der Waals surface area (Å²) in [6.45, 7) is -0.483. The van der Waals surface area contributed by atoms with Crippen LogP contribution in [0, 0.1) is 5.82 Å².